The van der Waals surface area contributed by atoms with Crippen molar-refractivity contribution in [3.05, 3.63) is 11.3 Å². The van der Waals surface area contributed by atoms with E-state index in [1.165, 1.54) is 6.07 Å². The zero-order valence-electron chi connectivity index (χ0n) is 7.13. The molecule has 0 aliphatic rings. The van der Waals surface area contributed by atoms with Crippen molar-refractivity contribution in [3.8, 4) is 0 Å². The molecule has 9 nitrogen and oxygen atoms in total. The van der Waals surface area contributed by atoms with Gasteiger partial charge in [0.1, 0.15) is 11.0 Å². The summed E-state index contributed by atoms with van der Waals surface area (Å²) in [7, 11) is 0. The van der Waals surface area contributed by atoms with Crippen molar-refractivity contribution in [2.24, 2.45) is 0 Å². The predicted octanol–water partition coefficient (Wildman–Crippen LogP) is -1.10. The maximum absolute atomic E-state index is 10.9. The van der Waals surface area contributed by atoms with E-state index in [1.54, 1.807) is 0 Å². The molecular weight excluding hydrogens is 204 g/mol. The third kappa shape index (κ3) is 1.01. The highest BCUT2D eigenvalue weighted by atomic mass is 16.8. The van der Waals surface area contributed by atoms with Crippen molar-refractivity contribution < 1.29 is 15.1 Å². The second-order valence-corrected chi connectivity index (χ2v) is 2.88. The van der Waals surface area contributed by atoms with Gasteiger partial charge in [0, 0.05) is 6.07 Å². The molecule has 0 radical (unpaired) electrons. The molecule has 0 saturated carbocycles. The number of hydrogen-bond donors (Lipinski definition) is 3. The van der Waals surface area contributed by atoms with Crippen molar-refractivity contribution in [2.75, 3.05) is 0 Å². The summed E-state index contributed by atoms with van der Waals surface area (Å²) < 4.78 is 4.49. The molecule has 0 aliphatic carbocycles. The first kappa shape index (κ1) is 8.23. The van der Waals surface area contributed by atoms with Gasteiger partial charge in [0.2, 0.25) is 5.52 Å². The Balaban J connectivity index is 2.54. The molecule has 2 heterocycles. The molecule has 3 rings (SSSR count). The van der Waals surface area contributed by atoms with Gasteiger partial charge in [-0.2, -0.15) is 20.6 Å². The van der Waals surface area contributed by atoms with E-state index < -0.39 is 5.23 Å². The van der Waals surface area contributed by atoms with Gasteiger partial charge in [0.25, 0.3) is 0 Å². The van der Waals surface area contributed by atoms with Gasteiger partial charge in [-0.1, -0.05) is 0 Å². The molecule has 2 aromatic heterocycles. The number of aromatic nitrogens is 5. The smallest absolute Gasteiger partial charge is 0.201 e. The highest BCUT2D eigenvalue weighted by Gasteiger charge is 2.18. The summed E-state index contributed by atoms with van der Waals surface area (Å²) in [6, 6.07) is 1.37. The summed E-state index contributed by atoms with van der Waals surface area (Å²) in [5.41, 5.74) is 1.31. The fraction of sp³-hybridized carbons (Fsp3) is 0. The fourth-order valence-electron chi connectivity index (χ4n) is 1.40. The summed E-state index contributed by atoms with van der Waals surface area (Å²) in [5, 5.41) is 35.8. The summed E-state index contributed by atoms with van der Waals surface area (Å²) >= 11 is 0. The van der Waals surface area contributed by atoms with Crippen LogP contribution in [0, 0.1) is 5.21 Å². The van der Waals surface area contributed by atoms with Gasteiger partial charge in [-0.25, -0.2) is 9.84 Å². The van der Waals surface area contributed by atoms with Crippen molar-refractivity contribution in [1.82, 2.24) is 25.7 Å². The highest BCUT2D eigenvalue weighted by Crippen LogP contribution is 2.24. The number of H-pyrrole nitrogens is 1. The number of benzene rings is 1. The standard InChI is InChI=1S/C6H4N6O3/c13-12(14)3-1-2-4(8-11-7-2)6-5(3)9-15-10-6/h1,12-13H,(H,7,8,11). The van der Waals surface area contributed by atoms with E-state index in [9.17, 15) is 5.21 Å². The molecule has 0 saturated heterocycles. The van der Waals surface area contributed by atoms with Crippen molar-refractivity contribution in [1.29, 1.82) is 0 Å². The molecular formula is C6H4N6O3. The van der Waals surface area contributed by atoms with Gasteiger partial charge in [-0.15, -0.1) is 0 Å². The molecule has 0 aliphatic heterocycles. The zero-order chi connectivity index (χ0) is 10.4. The molecule has 0 amide bonds. The minimum absolute atomic E-state index is 0.00681. The predicted molar refractivity (Wildman–Crippen MR) is 45.0 cm³/mol. The van der Waals surface area contributed by atoms with Crippen LogP contribution in [-0.4, -0.2) is 30.9 Å². The lowest BCUT2D eigenvalue weighted by molar-refractivity contribution is -0.990. The van der Waals surface area contributed by atoms with Crippen LogP contribution in [0.1, 0.15) is 0 Å². The SMILES string of the molecule is [O-][NH+](O)c1cc2n[nH]nc2c2nonc12. The molecule has 1 unspecified atom stereocenters. The van der Waals surface area contributed by atoms with E-state index >= 15 is 0 Å². The van der Waals surface area contributed by atoms with Crippen LogP contribution in [0.5, 0.6) is 0 Å². The van der Waals surface area contributed by atoms with Crippen molar-refractivity contribution in [2.45, 2.75) is 0 Å². The summed E-state index contributed by atoms with van der Waals surface area (Å²) in [5.74, 6) is 0. The first-order valence-corrected chi connectivity index (χ1v) is 3.96. The van der Waals surface area contributed by atoms with Gasteiger partial charge in [0.05, 0.1) is 0 Å². The van der Waals surface area contributed by atoms with Crippen LogP contribution in [0.2, 0.25) is 0 Å². The third-order valence-electron chi connectivity index (χ3n) is 2.05. The molecule has 0 spiro atoms. The summed E-state index contributed by atoms with van der Waals surface area (Å²) in [4.78, 5) is 0. The lowest BCUT2D eigenvalue weighted by Crippen LogP contribution is -2.99. The van der Waals surface area contributed by atoms with E-state index in [2.05, 4.69) is 30.4 Å². The largest absolute Gasteiger partial charge is 0.595 e. The average molecular weight is 208 g/mol. The number of quaternary nitrogens is 1. The zero-order valence-corrected chi connectivity index (χ0v) is 7.13. The lowest BCUT2D eigenvalue weighted by Gasteiger charge is -2.10. The highest BCUT2D eigenvalue weighted by molar-refractivity contribution is 6.03. The van der Waals surface area contributed by atoms with Crippen molar-refractivity contribution >= 4 is 27.8 Å². The molecule has 9 heteroatoms. The quantitative estimate of drug-likeness (QED) is 0.433. The fourth-order valence-corrected chi connectivity index (χ4v) is 1.40. The number of aromatic amines is 1. The first-order chi connectivity index (χ1) is 7.27. The second-order valence-electron chi connectivity index (χ2n) is 2.88. The first-order valence-electron chi connectivity index (χ1n) is 3.96. The molecule has 76 valence electrons. The Morgan fingerprint density at radius 3 is 2.87 bits per heavy atom. The minimum atomic E-state index is -1.11. The minimum Gasteiger partial charge on any atom is -0.595 e. The van der Waals surface area contributed by atoms with Crippen LogP contribution >= 0.6 is 0 Å². The molecule has 1 aromatic carbocycles. The topological polar surface area (TPSA) is 128 Å². The van der Waals surface area contributed by atoms with Crippen LogP contribution in [0.25, 0.3) is 22.1 Å². The maximum Gasteiger partial charge on any atom is 0.201 e. The number of fused-ring (bicyclic) bond motifs is 3. The second kappa shape index (κ2) is 2.70. The Kier molecular flexibility index (Phi) is 1.48. The monoisotopic (exact) mass is 208 g/mol. The number of nitrogens with zero attached hydrogens (tertiary/aromatic N) is 4. The molecule has 1 atom stereocenters. The van der Waals surface area contributed by atoms with E-state index in [0.717, 1.165) is 0 Å². The van der Waals surface area contributed by atoms with Gasteiger partial charge in [0.15, 0.2) is 11.2 Å². The Morgan fingerprint density at radius 1 is 1.27 bits per heavy atom. The van der Waals surface area contributed by atoms with Crippen LogP contribution in [0.4, 0.5) is 5.69 Å². The Labute approximate surface area is 80.8 Å². The third-order valence-corrected chi connectivity index (χ3v) is 2.05. The van der Waals surface area contributed by atoms with Crippen LogP contribution in [-0.2, 0) is 0 Å². The van der Waals surface area contributed by atoms with Crippen LogP contribution in [0.15, 0.2) is 10.7 Å². The number of nitrogens with one attached hydrogen (secondary N) is 2. The van der Waals surface area contributed by atoms with Gasteiger partial charge in [-0.05, 0) is 10.3 Å². The normalized spacial score (nSPS) is 13.7. The summed E-state index contributed by atoms with van der Waals surface area (Å²) in [6.07, 6.45) is 0. The molecule has 0 bridgehead atoms. The Bertz CT molecular complexity index is 628. The van der Waals surface area contributed by atoms with E-state index in [4.69, 9.17) is 5.21 Å². The molecule has 15 heavy (non-hydrogen) atoms. The van der Waals surface area contributed by atoms with Crippen molar-refractivity contribution in [3.63, 3.8) is 0 Å². The van der Waals surface area contributed by atoms with Gasteiger partial charge >= 0.3 is 0 Å². The molecule has 3 N–H and O–H groups in total. The van der Waals surface area contributed by atoms with E-state index in [1.807, 2.05) is 0 Å². The average Bonchev–Trinajstić information content (AvgIpc) is 2.83. The number of rotatable bonds is 1. The van der Waals surface area contributed by atoms with E-state index in [0.29, 0.717) is 16.6 Å². The Morgan fingerprint density at radius 2 is 2.07 bits per heavy atom. The van der Waals surface area contributed by atoms with Crippen LogP contribution in [0.3, 0.4) is 0 Å². The van der Waals surface area contributed by atoms with Crippen LogP contribution < -0.4 is 5.23 Å². The maximum atomic E-state index is 10.9. The Hall–Kier alpha value is -2.10. The van der Waals surface area contributed by atoms with Gasteiger partial charge in [-0.3, -0.25) is 0 Å². The number of hydrogen-bond acceptors (Lipinski definition) is 7. The molecule has 3 aromatic rings. The summed E-state index contributed by atoms with van der Waals surface area (Å²) in [6.45, 7) is 0. The van der Waals surface area contributed by atoms with Gasteiger partial charge < -0.3 is 5.21 Å². The van der Waals surface area contributed by atoms with E-state index in [-0.39, 0.29) is 11.2 Å². The molecule has 0 fully saturated rings. The lowest BCUT2D eigenvalue weighted by atomic mass is 10.2.